The molecule has 0 atom stereocenters. The fourth-order valence-electron chi connectivity index (χ4n) is 9.38. The SMILES string of the molecule is CC(C)NC(C)C.c1ccc(P(c2ccccc2)c2ccccc2)cc1.c1ccc(P(c2ccccc2)c2ccccc2)cc1.c1ccc(P(c2ccccc2)c2ccccc2)cc1.c1ccc(P(c2ccccc2)c2ccccc2)cc1. The van der Waals surface area contributed by atoms with E-state index in [9.17, 15) is 0 Å². The van der Waals surface area contributed by atoms with E-state index in [1.807, 2.05) is 0 Å². The van der Waals surface area contributed by atoms with E-state index in [0.717, 1.165) is 0 Å². The number of nitrogens with one attached hydrogen (secondary N) is 1. The van der Waals surface area contributed by atoms with Crippen LogP contribution in [0.1, 0.15) is 27.7 Å². The van der Waals surface area contributed by atoms with Crippen LogP contribution in [-0.2, 0) is 0 Å². The van der Waals surface area contributed by atoms with Crippen molar-refractivity contribution in [1.82, 2.24) is 5.32 Å². The van der Waals surface area contributed by atoms with E-state index in [1.54, 1.807) is 0 Å². The maximum absolute atomic E-state index is 3.31. The smallest absolute Gasteiger partial charge is 0.00127 e. The molecular formula is C78H75NP4. The van der Waals surface area contributed by atoms with E-state index in [0.29, 0.717) is 12.1 Å². The van der Waals surface area contributed by atoms with Crippen LogP contribution in [0, 0.1) is 0 Å². The van der Waals surface area contributed by atoms with Crippen LogP contribution in [0.4, 0.5) is 0 Å². The lowest BCUT2D eigenvalue weighted by Crippen LogP contribution is -2.29. The van der Waals surface area contributed by atoms with Gasteiger partial charge < -0.3 is 5.32 Å². The Hall–Kier alpha value is -7.68. The lowest BCUT2D eigenvalue weighted by Gasteiger charge is -2.18. The van der Waals surface area contributed by atoms with Gasteiger partial charge in [-0.1, -0.05) is 392 Å². The maximum atomic E-state index is 3.31. The Balaban J connectivity index is 0.000000139. The van der Waals surface area contributed by atoms with Crippen molar-refractivity contribution in [1.29, 1.82) is 0 Å². The molecule has 0 bridgehead atoms. The largest absolute Gasteiger partial charge is 0.312 e. The summed E-state index contributed by atoms with van der Waals surface area (Å²) in [6, 6.07) is 131. The highest BCUT2D eigenvalue weighted by Gasteiger charge is 2.18. The second-order valence-electron chi connectivity index (χ2n) is 19.8. The molecule has 0 amide bonds. The summed E-state index contributed by atoms with van der Waals surface area (Å²) in [5.74, 6) is 0. The normalized spacial score (nSPS) is 10.6. The summed E-state index contributed by atoms with van der Waals surface area (Å²) >= 11 is 0. The molecule has 412 valence electrons. The number of rotatable bonds is 14. The Labute approximate surface area is 501 Å². The molecule has 0 fully saturated rings. The summed E-state index contributed by atoms with van der Waals surface area (Å²) in [4.78, 5) is 0. The van der Waals surface area contributed by atoms with Crippen LogP contribution in [0.2, 0.25) is 0 Å². The third-order valence-electron chi connectivity index (χ3n) is 12.8. The minimum Gasteiger partial charge on any atom is -0.312 e. The average Bonchev–Trinajstić information content (AvgIpc) is 3.59. The zero-order valence-electron chi connectivity index (χ0n) is 48.1. The summed E-state index contributed by atoms with van der Waals surface area (Å²) in [6.07, 6.45) is 0. The molecule has 12 rings (SSSR count). The Morgan fingerprint density at radius 3 is 0.301 bits per heavy atom. The first kappa shape index (κ1) is 61.4. The highest BCUT2D eigenvalue weighted by molar-refractivity contribution is 7.81. The summed E-state index contributed by atoms with van der Waals surface area (Å²) < 4.78 is 0. The molecule has 5 heteroatoms. The highest BCUT2D eigenvalue weighted by Crippen LogP contribution is 2.35. The van der Waals surface area contributed by atoms with Crippen LogP contribution < -0.4 is 69.0 Å². The van der Waals surface area contributed by atoms with Crippen molar-refractivity contribution < 1.29 is 0 Å². The molecule has 0 heterocycles. The van der Waals surface area contributed by atoms with Crippen LogP contribution in [0.5, 0.6) is 0 Å². The highest BCUT2D eigenvalue weighted by atomic mass is 31.1. The van der Waals surface area contributed by atoms with Crippen molar-refractivity contribution in [3.8, 4) is 0 Å². The molecule has 12 aromatic rings. The Kier molecular flexibility index (Phi) is 25.7. The fraction of sp³-hybridized carbons (Fsp3) is 0.0769. The van der Waals surface area contributed by atoms with Crippen LogP contribution in [0.15, 0.2) is 364 Å². The predicted octanol–water partition coefficient (Wildman–Crippen LogP) is 15.2. The summed E-state index contributed by atoms with van der Waals surface area (Å²) in [5.41, 5.74) is 0. The number of hydrogen-bond donors (Lipinski definition) is 1. The lowest BCUT2D eigenvalue weighted by atomic mass is 10.3. The van der Waals surface area contributed by atoms with Crippen molar-refractivity contribution in [2.75, 3.05) is 0 Å². The number of hydrogen-bond acceptors (Lipinski definition) is 1. The fourth-order valence-corrected chi connectivity index (χ4v) is 18.6. The van der Waals surface area contributed by atoms with Gasteiger partial charge in [0.2, 0.25) is 0 Å². The average molecular weight is 1150 g/mol. The molecule has 0 aliphatic rings. The van der Waals surface area contributed by atoms with Crippen LogP contribution in [-0.4, -0.2) is 12.1 Å². The third-order valence-corrected chi connectivity index (χ3v) is 22.6. The van der Waals surface area contributed by atoms with E-state index >= 15 is 0 Å². The van der Waals surface area contributed by atoms with Gasteiger partial charge in [0.1, 0.15) is 0 Å². The molecule has 0 aliphatic carbocycles. The summed E-state index contributed by atoms with van der Waals surface area (Å²) in [7, 11) is -1.78. The lowest BCUT2D eigenvalue weighted by molar-refractivity contribution is 0.518. The van der Waals surface area contributed by atoms with E-state index in [-0.39, 0.29) is 0 Å². The maximum Gasteiger partial charge on any atom is 0.00127 e. The van der Waals surface area contributed by atoms with Crippen molar-refractivity contribution in [2.45, 2.75) is 39.8 Å². The summed E-state index contributed by atoms with van der Waals surface area (Å²) in [6.45, 7) is 8.61. The molecule has 83 heavy (non-hydrogen) atoms. The molecular weight excluding hydrogens is 1070 g/mol. The van der Waals surface area contributed by atoms with E-state index in [1.165, 1.54) is 63.7 Å². The van der Waals surface area contributed by atoms with Crippen LogP contribution in [0.3, 0.4) is 0 Å². The molecule has 0 unspecified atom stereocenters. The van der Waals surface area contributed by atoms with Crippen molar-refractivity contribution in [3.05, 3.63) is 364 Å². The Morgan fingerprint density at radius 2 is 0.241 bits per heavy atom. The van der Waals surface area contributed by atoms with Crippen LogP contribution in [0.25, 0.3) is 0 Å². The van der Waals surface area contributed by atoms with Gasteiger partial charge in [-0.15, -0.1) is 0 Å². The van der Waals surface area contributed by atoms with Gasteiger partial charge in [0, 0.05) is 12.1 Å². The minimum absolute atomic E-state index is 0.446. The van der Waals surface area contributed by atoms with Gasteiger partial charge in [-0.25, -0.2) is 0 Å². The zero-order chi connectivity index (χ0) is 57.5. The van der Waals surface area contributed by atoms with Crippen LogP contribution >= 0.6 is 31.7 Å². The van der Waals surface area contributed by atoms with E-state index in [4.69, 9.17) is 0 Å². The van der Waals surface area contributed by atoms with Gasteiger partial charge in [-0.3, -0.25) is 0 Å². The first-order chi connectivity index (χ1) is 40.9. The second kappa shape index (κ2) is 34.7. The molecule has 0 spiro atoms. The predicted molar refractivity (Wildman–Crippen MR) is 374 cm³/mol. The molecule has 0 radical (unpaired) electrons. The molecule has 0 aliphatic heterocycles. The van der Waals surface area contributed by atoms with Gasteiger partial charge in [0.15, 0.2) is 0 Å². The number of benzene rings is 12. The second-order valence-corrected chi connectivity index (χ2v) is 28.7. The van der Waals surface area contributed by atoms with Crippen molar-refractivity contribution in [3.63, 3.8) is 0 Å². The standard InChI is InChI=1S/4C18H15P.C6H15N/c4*1-4-10-16(11-5-1)19(17-12-6-2-7-13-17)18-14-8-3-9-15-18;1-5(2)7-6(3)4/h4*1-15H;5-7H,1-4H3. The molecule has 0 saturated heterocycles. The molecule has 0 aromatic heterocycles. The third kappa shape index (κ3) is 19.7. The minimum atomic E-state index is -0.446. The first-order valence-electron chi connectivity index (χ1n) is 28.5. The quantitative estimate of drug-likeness (QED) is 0.107. The van der Waals surface area contributed by atoms with Gasteiger partial charge in [-0.05, 0) is 95.3 Å². The zero-order valence-corrected chi connectivity index (χ0v) is 51.7. The summed E-state index contributed by atoms with van der Waals surface area (Å²) in [5, 5.41) is 20.1. The van der Waals surface area contributed by atoms with Gasteiger partial charge in [-0.2, -0.15) is 0 Å². The van der Waals surface area contributed by atoms with Gasteiger partial charge >= 0.3 is 0 Å². The monoisotopic (exact) mass is 1150 g/mol. The van der Waals surface area contributed by atoms with E-state index < -0.39 is 31.7 Å². The molecule has 0 saturated carbocycles. The Morgan fingerprint density at radius 1 is 0.157 bits per heavy atom. The molecule has 12 aromatic carbocycles. The topological polar surface area (TPSA) is 12.0 Å². The van der Waals surface area contributed by atoms with E-state index in [2.05, 4.69) is 397 Å². The molecule has 1 nitrogen and oxygen atoms in total. The first-order valence-corrected chi connectivity index (χ1v) is 33.9. The van der Waals surface area contributed by atoms with Gasteiger partial charge in [0.05, 0.1) is 0 Å². The van der Waals surface area contributed by atoms with Crippen molar-refractivity contribution in [2.24, 2.45) is 0 Å². The molecule has 1 N–H and O–H groups in total. The Bertz CT molecular complexity index is 2700. The van der Waals surface area contributed by atoms with Crippen molar-refractivity contribution >= 4 is 95.3 Å². The van der Waals surface area contributed by atoms with Gasteiger partial charge in [0.25, 0.3) is 0 Å².